The van der Waals surface area contributed by atoms with Gasteiger partial charge in [-0.25, -0.2) is 4.98 Å². The monoisotopic (exact) mass is 348 g/mol. The fourth-order valence-electron chi connectivity index (χ4n) is 3.79. The maximum Gasteiger partial charge on any atom is 0.252 e. The van der Waals surface area contributed by atoms with E-state index in [4.69, 9.17) is 4.98 Å². The van der Waals surface area contributed by atoms with Gasteiger partial charge < -0.3 is 5.32 Å². The van der Waals surface area contributed by atoms with Crippen LogP contribution in [0.5, 0.6) is 0 Å². The average Bonchev–Trinajstić information content (AvgIpc) is 2.63. The molecule has 0 saturated heterocycles. The third kappa shape index (κ3) is 3.62. The molecule has 1 aromatic carbocycles. The Morgan fingerprint density at radius 2 is 1.65 bits per heavy atom. The minimum atomic E-state index is 0.0347. The molecule has 26 heavy (non-hydrogen) atoms. The second-order valence-corrected chi connectivity index (χ2v) is 7.00. The molecule has 1 saturated carbocycles. The number of benzene rings is 1. The summed E-state index contributed by atoms with van der Waals surface area (Å²) >= 11 is 0. The van der Waals surface area contributed by atoms with E-state index in [2.05, 4.69) is 10.3 Å². The Labute approximate surface area is 153 Å². The zero-order valence-corrected chi connectivity index (χ0v) is 14.9. The predicted molar refractivity (Wildman–Crippen MR) is 105 cm³/mol. The van der Waals surface area contributed by atoms with Gasteiger partial charge in [-0.1, -0.05) is 50.3 Å². The van der Waals surface area contributed by atoms with Crippen molar-refractivity contribution < 1.29 is 0 Å². The van der Waals surface area contributed by atoms with Gasteiger partial charge in [0.05, 0.1) is 0 Å². The van der Waals surface area contributed by atoms with Crippen LogP contribution in [0, 0.1) is 0 Å². The first kappa shape index (κ1) is 16.8. The molecule has 0 bridgehead atoms. The van der Waals surface area contributed by atoms with Crippen LogP contribution in [-0.2, 0) is 0 Å². The van der Waals surface area contributed by atoms with Crippen molar-refractivity contribution >= 4 is 22.7 Å². The van der Waals surface area contributed by atoms with Gasteiger partial charge in [-0.15, -0.1) is 0 Å². The van der Waals surface area contributed by atoms with E-state index < -0.39 is 0 Å². The first-order chi connectivity index (χ1) is 12.8. The van der Waals surface area contributed by atoms with Crippen molar-refractivity contribution in [2.75, 3.05) is 5.32 Å². The average molecular weight is 348 g/mol. The molecular formula is C21H24N4O. The summed E-state index contributed by atoms with van der Waals surface area (Å²) in [6.07, 6.45) is 10.1. The van der Waals surface area contributed by atoms with Gasteiger partial charge in [0.1, 0.15) is 5.65 Å². The number of nitrogens with zero attached hydrogens (tertiary/aromatic N) is 3. The summed E-state index contributed by atoms with van der Waals surface area (Å²) in [5, 5.41) is 4.14. The van der Waals surface area contributed by atoms with E-state index in [1.165, 1.54) is 32.1 Å². The van der Waals surface area contributed by atoms with Crippen LogP contribution in [0.2, 0.25) is 0 Å². The molecule has 5 nitrogen and oxygen atoms in total. The molecule has 2 aromatic heterocycles. The number of pyridine rings is 1. The number of anilines is 2. The Morgan fingerprint density at radius 3 is 2.42 bits per heavy atom. The van der Waals surface area contributed by atoms with Gasteiger partial charge in [0.15, 0.2) is 0 Å². The fourth-order valence-corrected chi connectivity index (χ4v) is 3.79. The van der Waals surface area contributed by atoms with Crippen molar-refractivity contribution in [3.8, 4) is 0 Å². The van der Waals surface area contributed by atoms with Gasteiger partial charge >= 0.3 is 0 Å². The minimum Gasteiger partial charge on any atom is -0.324 e. The zero-order chi connectivity index (χ0) is 17.8. The van der Waals surface area contributed by atoms with Gasteiger partial charge in [0.25, 0.3) is 5.56 Å². The smallest absolute Gasteiger partial charge is 0.252 e. The molecule has 0 aliphatic heterocycles. The lowest BCUT2D eigenvalue weighted by atomic mass is 9.96. The van der Waals surface area contributed by atoms with E-state index in [-0.39, 0.29) is 11.6 Å². The van der Waals surface area contributed by atoms with E-state index in [1.54, 1.807) is 12.3 Å². The van der Waals surface area contributed by atoms with Gasteiger partial charge in [-0.2, -0.15) is 4.98 Å². The largest absolute Gasteiger partial charge is 0.324 e. The molecule has 1 fully saturated rings. The zero-order valence-electron chi connectivity index (χ0n) is 14.9. The third-order valence-electron chi connectivity index (χ3n) is 5.14. The summed E-state index contributed by atoms with van der Waals surface area (Å²) in [5.74, 6) is 0.522. The molecule has 1 aliphatic carbocycles. The fraction of sp³-hybridized carbons (Fsp3) is 0.381. The van der Waals surface area contributed by atoms with Crippen molar-refractivity contribution in [1.82, 2.24) is 14.5 Å². The molecule has 0 amide bonds. The Hall–Kier alpha value is -2.69. The minimum absolute atomic E-state index is 0.0347. The van der Waals surface area contributed by atoms with Gasteiger partial charge in [0.2, 0.25) is 5.95 Å². The van der Waals surface area contributed by atoms with Crippen LogP contribution < -0.4 is 10.9 Å². The van der Waals surface area contributed by atoms with Gasteiger partial charge in [-0.3, -0.25) is 9.36 Å². The SMILES string of the molecule is O=c1ccc2cnc(Nc3ccccc3)nc2n1C1CCCCCCC1. The summed E-state index contributed by atoms with van der Waals surface area (Å²) in [6.45, 7) is 0. The molecule has 0 spiro atoms. The second-order valence-electron chi connectivity index (χ2n) is 7.00. The summed E-state index contributed by atoms with van der Waals surface area (Å²) in [6, 6.07) is 13.5. The summed E-state index contributed by atoms with van der Waals surface area (Å²) in [4.78, 5) is 21.8. The predicted octanol–water partition coefficient (Wildman–Crippen LogP) is 4.82. The van der Waals surface area contributed by atoms with E-state index in [9.17, 15) is 4.79 Å². The summed E-state index contributed by atoms with van der Waals surface area (Å²) in [7, 11) is 0. The lowest BCUT2D eigenvalue weighted by molar-refractivity contribution is 0.371. The number of rotatable bonds is 3. The van der Waals surface area contributed by atoms with Crippen molar-refractivity contribution in [1.29, 1.82) is 0 Å². The van der Waals surface area contributed by atoms with Gasteiger partial charge in [-0.05, 0) is 31.0 Å². The molecule has 1 N–H and O–H groups in total. The Balaban J connectivity index is 1.74. The first-order valence-corrected chi connectivity index (χ1v) is 9.52. The second kappa shape index (κ2) is 7.68. The van der Waals surface area contributed by atoms with E-state index in [0.29, 0.717) is 5.95 Å². The number of hydrogen-bond acceptors (Lipinski definition) is 4. The van der Waals surface area contributed by atoms with Crippen LogP contribution in [0.4, 0.5) is 11.6 Å². The van der Waals surface area contributed by atoms with Gasteiger partial charge in [0, 0.05) is 29.4 Å². The standard InChI is InChI=1S/C21H24N4O/c26-19-14-13-16-15-22-21(23-17-9-5-4-6-10-17)24-20(16)25(19)18-11-7-2-1-3-8-12-18/h4-6,9-10,13-15,18H,1-3,7-8,11-12H2,(H,22,23,24). The molecule has 0 radical (unpaired) electrons. The molecule has 5 heteroatoms. The number of para-hydroxylation sites is 1. The number of nitrogens with one attached hydrogen (secondary N) is 1. The molecule has 3 aromatic rings. The van der Waals surface area contributed by atoms with Crippen LogP contribution in [-0.4, -0.2) is 14.5 Å². The number of aromatic nitrogens is 3. The number of hydrogen-bond donors (Lipinski definition) is 1. The van der Waals surface area contributed by atoms with E-state index >= 15 is 0 Å². The van der Waals surface area contributed by atoms with Crippen molar-refractivity contribution in [3.63, 3.8) is 0 Å². The Kier molecular flexibility index (Phi) is 4.95. The van der Waals surface area contributed by atoms with Crippen LogP contribution in [0.3, 0.4) is 0 Å². The maximum atomic E-state index is 12.7. The number of fused-ring (bicyclic) bond motifs is 1. The quantitative estimate of drug-likeness (QED) is 0.737. The lowest BCUT2D eigenvalue weighted by Crippen LogP contribution is -2.26. The van der Waals surface area contributed by atoms with Crippen molar-refractivity contribution in [3.05, 3.63) is 59.0 Å². The first-order valence-electron chi connectivity index (χ1n) is 9.52. The van der Waals surface area contributed by atoms with E-state index in [0.717, 1.165) is 29.6 Å². The van der Waals surface area contributed by atoms with Crippen LogP contribution >= 0.6 is 0 Å². The Morgan fingerprint density at radius 1 is 0.923 bits per heavy atom. The molecule has 0 unspecified atom stereocenters. The van der Waals surface area contributed by atoms with Crippen molar-refractivity contribution in [2.45, 2.75) is 51.0 Å². The lowest BCUT2D eigenvalue weighted by Gasteiger charge is -2.23. The summed E-state index contributed by atoms with van der Waals surface area (Å²) < 4.78 is 1.90. The Bertz CT molecular complexity index is 928. The van der Waals surface area contributed by atoms with E-state index in [1.807, 2.05) is 41.0 Å². The van der Waals surface area contributed by atoms with Crippen molar-refractivity contribution in [2.24, 2.45) is 0 Å². The highest BCUT2D eigenvalue weighted by Crippen LogP contribution is 2.27. The molecule has 4 rings (SSSR count). The maximum absolute atomic E-state index is 12.7. The van der Waals surface area contributed by atoms with Crippen LogP contribution in [0.1, 0.15) is 51.0 Å². The molecule has 0 atom stereocenters. The highest BCUT2D eigenvalue weighted by molar-refractivity contribution is 5.75. The molecule has 1 aliphatic rings. The summed E-state index contributed by atoms with van der Waals surface area (Å²) in [5.41, 5.74) is 1.70. The highest BCUT2D eigenvalue weighted by atomic mass is 16.1. The van der Waals surface area contributed by atoms with Crippen LogP contribution in [0.15, 0.2) is 53.5 Å². The molecule has 2 heterocycles. The normalized spacial score (nSPS) is 16.2. The molecular weight excluding hydrogens is 324 g/mol. The highest BCUT2D eigenvalue weighted by Gasteiger charge is 2.18. The van der Waals surface area contributed by atoms with Crippen LogP contribution in [0.25, 0.3) is 11.0 Å². The topological polar surface area (TPSA) is 59.8 Å². The third-order valence-corrected chi connectivity index (χ3v) is 5.14. The molecule has 134 valence electrons.